The van der Waals surface area contributed by atoms with Gasteiger partial charge in [-0.3, -0.25) is 14.6 Å². The summed E-state index contributed by atoms with van der Waals surface area (Å²) in [5.41, 5.74) is 0. The van der Waals surface area contributed by atoms with Crippen LogP contribution in [0.25, 0.3) is 0 Å². The van der Waals surface area contributed by atoms with Crippen molar-refractivity contribution in [3.8, 4) is 0 Å². The molecule has 0 aliphatic carbocycles. The second-order valence-corrected chi connectivity index (χ2v) is 5.24. The van der Waals surface area contributed by atoms with Gasteiger partial charge in [-0.15, -0.1) is 0 Å². The first-order valence-corrected chi connectivity index (χ1v) is 6.70. The van der Waals surface area contributed by atoms with Crippen molar-refractivity contribution >= 4 is 29.5 Å². The molecule has 0 bridgehead atoms. The number of carboxylic acid groups (broad SMARTS) is 1. The van der Waals surface area contributed by atoms with Crippen molar-refractivity contribution in [3.05, 3.63) is 12.4 Å². The first-order chi connectivity index (χ1) is 9.04. The largest absolute Gasteiger partial charge is 0.481 e. The summed E-state index contributed by atoms with van der Waals surface area (Å²) >= 11 is 1.11. The van der Waals surface area contributed by atoms with E-state index in [0.717, 1.165) is 11.8 Å². The summed E-state index contributed by atoms with van der Waals surface area (Å²) in [5.74, 6) is -0.290. The highest BCUT2D eigenvalue weighted by atomic mass is 32.2. The number of hydrogen-bond acceptors (Lipinski definition) is 6. The third-order valence-corrected chi connectivity index (χ3v) is 3.53. The fraction of sp³-hybridized carbons (Fsp3) is 0.455. The number of carboxylic acids is 1. The van der Waals surface area contributed by atoms with E-state index in [-0.39, 0.29) is 17.7 Å². The molecule has 1 aliphatic rings. The fourth-order valence-corrected chi connectivity index (χ4v) is 2.36. The number of rotatable bonds is 5. The maximum Gasteiger partial charge on any atom is 0.313 e. The lowest BCUT2D eigenvalue weighted by Gasteiger charge is -2.12. The van der Waals surface area contributed by atoms with E-state index in [9.17, 15) is 9.59 Å². The molecule has 0 radical (unpaired) electrons. The van der Waals surface area contributed by atoms with Gasteiger partial charge in [0.15, 0.2) is 0 Å². The van der Waals surface area contributed by atoms with Crippen molar-refractivity contribution in [2.24, 2.45) is 0 Å². The van der Waals surface area contributed by atoms with E-state index < -0.39 is 5.97 Å². The number of nitrogens with one attached hydrogen (secondary N) is 1. The molecular weight excluding hydrogens is 268 g/mol. The van der Waals surface area contributed by atoms with Gasteiger partial charge in [0.05, 0.1) is 24.2 Å². The minimum absolute atomic E-state index is 0.0199. The first kappa shape index (κ1) is 13.6. The van der Waals surface area contributed by atoms with Crippen LogP contribution in [0.1, 0.15) is 6.42 Å². The van der Waals surface area contributed by atoms with E-state index in [4.69, 9.17) is 5.11 Å². The number of aromatic nitrogens is 2. The predicted molar refractivity (Wildman–Crippen MR) is 70.1 cm³/mol. The van der Waals surface area contributed by atoms with Gasteiger partial charge in [0.1, 0.15) is 10.8 Å². The molecule has 102 valence electrons. The molecule has 19 heavy (non-hydrogen) atoms. The fourth-order valence-electron chi connectivity index (χ4n) is 1.79. The maximum atomic E-state index is 11.4. The van der Waals surface area contributed by atoms with Crippen LogP contribution < -0.4 is 5.32 Å². The zero-order chi connectivity index (χ0) is 13.8. The highest BCUT2D eigenvalue weighted by Gasteiger charge is 2.26. The summed E-state index contributed by atoms with van der Waals surface area (Å²) in [7, 11) is 1.76. The van der Waals surface area contributed by atoms with Crippen LogP contribution in [0.15, 0.2) is 17.4 Å². The molecule has 0 aromatic carbocycles. The Labute approximate surface area is 114 Å². The Hall–Kier alpha value is -1.83. The number of carbonyl (C=O) groups excluding carboxylic acids is 1. The number of carbonyl (C=O) groups is 2. The Morgan fingerprint density at radius 1 is 1.63 bits per heavy atom. The highest BCUT2D eigenvalue weighted by Crippen LogP contribution is 2.18. The third-order valence-electron chi connectivity index (χ3n) is 2.65. The molecule has 1 atom stereocenters. The van der Waals surface area contributed by atoms with E-state index in [1.54, 1.807) is 18.1 Å². The Morgan fingerprint density at radius 2 is 2.42 bits per heavy atom. The molecule has 1 amide bonds. The molecular formula is C11H14N4O3S. The van der Waals surface area contributed by atoms with Crippen LogP contribution in [0.3, 0.4) is 0 Å². The van der Waals surface area contributed by atoms with Gasteiger partial charge in [-0.25, -0.2) is 4.98 Å². The standard InChI is InChI=1S/C11H14N4O3S/c1-15-5-7(2-10(15)16)13-8-3-12-4-9(14-8)19-6-11(17)18/h3-4,7H,2,5-6H2,1H3,(H,13,14)(H,17,18). The van der Waals surface area contributed by atoms with Crippen molar-refractivity contribution in [2.75, 3.05) is 24.7 Å². The Bertz CT molecular complexity index is 497. The van der Waals surface area contributed by atoms with E-state index in [2.05, 4.69) is 15.3 Å². The van der Waals surface area contributed by atoms with Gasteiger partial charge in [-0.2, -0.15) is 0 Å². The number of hydrogen-bond donors (Lipinski definition) is 2. The van der Waals surface area contributed by atoms with Gasteiger partial charge in [0.25, 0.3) is 0 Å². The van der Waals surface area contributed by atoms with Gasteiger partial charge in [-0.05, 0) is 0 Å². The summed E-state index contributed by atoms with van der Waals surface area (Å²) in [4.78, 5) is 31.8. The lowest BCUT2D eigenvalue weighted by Crippen LogP contribution is -2.24. The molecule has 1 fully saturated rings. The summed E-state index contributed by atoms with van der Waals surface area (Å²) in [6, 6.07) is 0.0199. The number of likely N-dealkylation sites (N-methyl/N-ethyl adjacent to an activating group) is 1. The summed E-state index contributed by atoms with van der Waals surface area (Å²) in [6.07, 6.45) is 3.52. The van der Waals surface area contributed by atoms with Crippen LogP contribution in [0.5, 0.6) is 0 Å². The van der Waals surface area contributed by atoms with Crippen molar-refractivity contribution in [1.82, 2.24) is 14.9 Å². The number of amides is 1. The van der Waals surface area contributed by atoms with E-state index >= 15 is 0 Å². The van der Waals surface area contributed by atoms with Gasteiger partial charge in [-0.1, -0.05) is 11.8 Å². The molecule has 7 nitrogen and oxygen atoms in total. The van der Waals surface area contributed by atoms with Crippen LogP contribution in [0.2, 0.25) is 0 Å². The monoisotopic (exact) mass is 282 g/mol. The van der Waals surface area contributed by atoms with Crippen LogP contribution >= 0.6 is 11.8 Å². The molecule has 1 saturated heterocycles. The van der Waals surface area contributed by atoms with Crippen LogP contribution in [-0.4, -0.2) is 57.2 Å². The lowest BCUT2D eigenvalue weighted by molar-refractivity contribution is -0.134. The summed E-state index contributed by atoms with van der Waals surface area (Å²) in [5, 5.41) is 12.3. The van der Waals surface area contributed by atoms with Crippen LogP contribution in [0.4, 0.5) is 5.82 Å². The molecule has 1 aromatic rings. The van der Waals surface area contributed by atoms with Crippen molar-refractivity contribution in [2.45, 2.75) is 17.5 Å². The number of aliphatic carboxylic acids is 1. The molecule has 8 heteroatoms. The molecule has 1 aliphatic heterocycles. The topological polar surface area (TPSA) is 95.4 Å². The van der Waals surface area contributed by atoms with E-state index in [1.807, 2.05) is 0 Å². The summed E-state index contributed by atoms with van der Waals surface area (Å²) in [6.45, 7) is 0.632. The van der Waals surface area contributed by atoms with Crippen LogP contribution in [0, 0.1) is 0 Å². The average Bonchev–Trinajstić information content (AvgIpc) is 2.66. The Morgan fingerprint density at radius 3 is 3.05 bits per heavy atom. The molecule has 2 heterocycles. The van der Waals surface area contributed by atoms with Gasteiger partial charge < -0.3 is 15.3 Å². The minimum Gasteiger partial charge on any atom is -0.481 e. The quantitative estimate of drug-likeness (QED) is 0.750. The van der Waals surface area contributed by atoms with Crippen molar-refractivity contribution in [3.63, 3.8) is 0 Å². The average molecular weight is 282 g/mol. The first-order valence-electron chi connectivity index (χ1n) is 5.71. The molecule has 1 aromatic heterocycles. The Balaban J connectivity index is 1.95. The smallest absolute Gasteiger partial charge is 0.313 e. The van der Waals surface area contributed by atoms with Gasteiger partial charge >= 0.3 is 5.97 Å². The number of thioether (sulfide) groups is 1. The summed E-state index contributed by atoms with van der Waals surface area (Å²) < 4.78 is 0. The van der Waals surface area contributed by atoms with E-state index in [0.29, 0.717) is 23.8 Å². The third kappa shape index (κ3) is 3.82. The molecule has 2 rings (SSSR count). The number of nitrogens with zero attached hydrogens (tertiary/aromatic N) is 3. The molecule has 1 unspecified atom stereocenters. The van der Waals surface area contributed by atoms with Gasteiger partial charge in [0.2, 0.25) is 5.91 Å². The zero-order valence-corrected chi connectivity index (χ0v) is 11.2. The molecule has 2 N–H and O–H groups in total. The molecule has 0 saturated carbocycles. The normalized spacial score (nSPS) is 18.7. The van der Waals surface area contributed by atoms with Crippen molar-refractivity contribution in [1.29, 1.82) is 0 Å². The Kier molecular flexibility index (Phi) is 4.20. The molecule has 0 spiro atoms. The second kappa shape index (κ2) is 5.87. The van der Waals surface area contributed by atoms with Crippen LogP contribution in [-0.2, 0) is 9.59 Å². The number of likely N-dealkylation sites (tertiary alicyclic amines) is 1. The van der Waals surface area contributed by atoms with Crippen molar-refractivity contribution < 1.29 is 14.7 Å². The predicted octanol–water partition coefficient (Wildman–Crippen LogP) is 0.296. The lowest BCUT2D eigenvalue weighted by atomic mass is 10.2. The SMILES string of the molecule is CN1CC(Nc2cncc(SCC(=O)O)n2)CC1=O. The number of anilines is 1. The minimum atomic E-state index is -0.895. The second-order valence-electron chi connectivity index (χ2n) is 4.24. The highest BCUT2D eigenvalue weighted by molar-refractivity contribution is 7.99. The zero-order valence-electron chi connectivity index (χ0n) is 10.4. The van der Waals surface area contributed by atoms with E-state index in [1.165, 1.54) is 6.20 Å². The van der Waals surface area contributed by atoms with Gasteiger partial charge in [0, 0.05) is 20.0 Å². The maximum absolute atomic E-state index is 11.4.